The summed E-state index contributed by atoms with van der Waals surface area (Å²) in [6.45, 7) is 0. The van der Waals surface area contributed by atoms with Gasteiger partial charge in [0.15, 0.2) is 0 Å². The van der Waals surface area contributed by atoms with Crippen molar-refractivity contribution in [1.29, 1.82) is 0 Å². The summed E-state index contributed by atoms with van der Waals surface area (Å²) in [5, 5.41) is 33.3. The zero-order valence-corrected chi connectivity index (χ0v) is 77.2. The van der Waals surface area contributed by atoms with Gasteiger partial charge in [-0.2, -0.15) is 0 Å². The average Bonchev–Trinajstić information content (AvgIpc) is 1.58. The van der Waals surface area contributed by atoms with Gasteiger partial charge in [-0.1, -0.05) is 449 Å². The van der Waals surface area contributed by atoms with Crippen LogP contribution in [0.5, 0.6) is 0 Å². The molecule has 25 aromatic carbocycles. The van der Waals surface area contributed by atoms with E-state index in [2.05, 4.69) is 461 Å². The molecule has 0 N–H and O–H groups in total. The van der Waals surface area contributed by atoms with E-state index in [1.165, 1.54) is 296 Å². The van der Waals surface area contributed by atoms with Gasteiger partial charge in [0.2, 0.25) is 0 Å². The second-order valence-corrected chi connectivity index (χ2v) is 39.1. The van der Waals surface area contributed by atoms with Crippen LogP contribution in [-0.4, -0.2) is 0 Å². The predicted molar refractivity (Wildman–Crippen MR) is 593 cm³/mol. The molecule has 0 nitrogen and oxygen atoms in total. The molecule has 0 bridgehead atoms. The van der Waals surface area contributed by atoms with Gasteiger partial charge in [0.25, 0.3) is 0 Å². The maximum Gasteiger partial charge on any atom is -0.000705 e. The molecule has 0 saturated heterocycles. The van der Waals surface area contributed by atoms with Gasteiger partial charge in [0, 0.05) is 0 Å². The SMILES string of the molecule is C1=Cc2c3c(cc4cccc(c24)C1)Cc1ccccc1-3.C1=Cc2cccc3c4c(cc(c23)C1)-c1ccccc1C4.c1cc2c3c(c1)ccc1cccc(c13)C2.c1ccc2c(c1)Cc1c-2c2ccccc2c2ccccc12.c1ccc2c3c(ccc2c1)-c1c(ccc2ccccc12)C3.c1ccc2c3c(ccc2c1)Cc1ccc2ccccc2c1-3.c1ccc2cc3c(cc2c1)Cc1ccc2ccccc2c1-3. The summed E-state index contributed by atoms with van der Waals surface area (Å²) in [6, 6.07) is 160. The minimum Gasteiger partial charge on any atom is -0.0795 e. The maximum atomic E-state index is 2.43. The molecule has 9 aliphatic carbocycles. The fourth-order valence-corrected chi connectivity index (χ4v) is 25.4. The summed E-state index contributed by atoms with van der Waals surface area (Å²) in [5.74, 6) is 0. The van der Waals surface area contributed by atoms with Gasteiger partial charge in [-0.05, 0) is 366 Å². The van der Waals surface area contributed by atoms with Crippen molar-refractivity contribution in [3.63, 3.8) is 0 Å². The molecule has 0 unspecified atom stereocenters. The van der Waals surface area contributed by atoms with Crippen LogP contribution in [0.1, 0.15) is 100 Å². The highest BCUT2D eigenvalue weighted by atomic mass is 14.3. The second kappa shape index (κ2) is 33.0. The van der Waals surface area contributed by atoms with Crippen molar-refractivity contribution in [2.24, 2.45) is 0 Å². The van der Waals surface area contributed by atoms with E-state index in [1.54, 1.807) is 0 Å². The van der Waals surface area contributed by atoms with E-state index in [9.17, 15) is 0 Å². The lowest BCUT2D eigenvalue weighted by Gasteiger charge is -2.17. The van der Waals surface area contributed by atoms with E-state index in [0.29, 0.717) is 0 Å². The van der Waals surface area contributed by atoms with Gasteiger partial charge < -0.3 is 0 Å². The third-order valence-corrected chi connectivity index (χ3v) is 31.5. The molecule has 0 amide bonds. The van der Waals surface area contributed by atoms with Crippen LogP contribution < -0.4 is 0 Å². The largest absolute Gasteiger partial charge is 0.0795 e. The molecule has 0 aliphatic heterocycles. The van der Waals surface area contributed by atoms with Crippen LogP contribution in [0.15, 0.2) is 449 Å². The smallest absolute Gasteiger partial charge is 0.000705 e. The predicted octanol–water partition coefficient (Wildman–Crippen LogP) is 36.1. The molecule has 34 rings (SSSR count). The Morgan fingerprint density at radius 2 is 0.511 bits per heavy atom. The van der Waals surface area contributed by atoms with Gasteiger partial charge in [-0.3, -0.25) is 0 Å². The first-order valence-corrected chi connectivity index (χ1v) is 49.6. The minimum absolute atomic E-state index is 1.05. The number of hydrogen-bond acceptors (Lipinski definition) is 0. The number of rotatable bonds is 0. The third-order valence-electron chi connectivity index (χ3n) is 31.5. The van der Waals surface area contributed by atoms with Crippen molar-refractivity contribution < 1.29 is 0 Å². The lowest BCUT2D eigenvalue weighted by molar-refractivity contribution is 1.26. The van der Waals surface area contributed by atoms with Crippen LogP contribution in [0.4, 0.5) is 0 Å². The molecule has 0 spiro atoms. The summed E-state index contributed by atoms with van der Waals surface area (Å²) in [5.41, 5.74) is 43.6. The van der Waals surface area contributed by atoms with Crippen LogP contribution in [0, 0.1) is 0 Å². The number of hydrogen-bond donors (Lipinski definition) is 0. The van der Waals surface area contributed by atoms with Gasteiger partial charge in [0.1, 0.15) is 0 Å². The van der Waals surface area contributed by atoms with Crippen LogP contribution in [0.3, 0.4) is 0 Å². The number of fused-ring (bicyclic) bond motifs is 36. The van der Waals surface area contributed by atoms with E-state index < -0.39 is 0 Å². The first-order chi connectivity index (χ1) is 68.9. The van der Waals surface area contributed by atoms with Crippen molar-refractivity contribution >= 4 is 141 Å². The first kappa shape index (κ1) is 80.5. The van der Waals surface area contributed by atoms with Crippen molar-refractivity contribution in [2.45, 2.75) is 57.8 Å². The van der Waals surface area contributed by atoms with Crippen LogP contribution in [0.25, 0.3) is 208 Å². The molecule has 25 aromatic rings. The van der Waals surface area contributed by atoms with Crippen molar-refractivity contribution in [3.8, 4) is 66.8 Å². The molecule has 0 heteroatoms. The molecule has 0 atom stereocenters. The highest BCUT2D eigenvalue weighted by molar-refractivity contribution is 6.19. The fourth-order valence-electron chi connectivity index (χ4n) is 25.4. The highest BCUT2D eigenvalue weighted by Gasteiger charge is 2.31. The first-order valence-electron chi connectivity index (χ1n) is 49.6. The van der Waals surface area contributed by atoms with Gasteiger partial charge in [0.05, 0.1) is 0 Å². The Labute approximate surface area is 809 Å². The maximum absolute atomic E-state index is 2.43. The summed E-state index contributed by atoms with van der Waals surface area (Å²) in [4.78, 5) is 0. The van der Waals surface area contributed by atoms with Gasteiger partial charge in [-0.25, -0.2) is 0 Å². The fraction of sp³-hybridized carbons (Fsp3) is 0.0647. The minimum atomic E-state index is 1.05. The van der Waals surface area contributed by atoms with E-state index in [1.807, 2.05) is 0 Å². The lowest BCUT2D eigenvalue weighted by Crippen LogP contribution is -1.96. The second-order valence-electron chi connectivity index (χ2n) is 39.1. The molecule has 9 aliphatic rings. The Balaban J connectivity index is 0.0000000799. The van der Waals surface area contributed by atoms with E-state index >= 15 is 0 Å². The van der Waals surface area contributed by atoms with Crippen molar-refractivity contribution in [1.82, 2.24) is 0 Å². The molecule has 0 saturated carbocycles. The third kappa shape index (κ3) is 13.4. The highest BCUT2D eigenvalue weighted by Crippen LogP contribution is 2.53. The normalized spacial score (nSPS) is 13.2. The zero-order valence-electron chi connectivity index (χ0n) is 77.2. The molecular formula is C139H94. The Morgan fingerprint density at radius 1 is 0.137 bits per heavy atom. The summed E-state index contributed by atoms with van der Waals surface area (Å²) >= 11 is 0. The number of allylic oxidation sites excluding steroid dienone is 2. The number of benzene rings is 25. The molecule has 139 heavy (non-hydrogen) atoms. The average molecular weight is 1760 g/mol. The standard InChI is InChI=1S/4C21H14.2C20H14.C15H10/c1-3-7-18-14(5-1)9-11-16-13-17-12-10-15-6-2-4-8-19(15)21(17)20(16)18;1-3-7-17-14(5-1)11-12-19-20(17)13-16-10-9-15-6-2-4-8-18(15)21(16)19;1-2-8-15-14(7-1)13-20-18-11-4-3-9-16(18)17-10-5-6-12-19(17)21(15)20;1-2-7-16-13-20-18(11-15(16)6-1)12-17-10-9-14-5-3-4-8-19(14)21(17)20;1-2-9-17-14(5-1)11-16-12-15-8-3-6-13-7-4-10-18(19(13)15)20(16)17;1-2-9-16-14(5-1)11-19-17-10-4-7-13-6-3-8-15(20(13)17)12-18(16)19;1-3-10-7-8-11-4-2-6-13-9-12(5-1)14(10)15(11)13/h3*1-12H,13H2;1-11,13H,12H2;1-6,8-10,12H,7,11H2;1-7,9-10,12H,8,11H2;1-8H,9H2. The molecule has 0 heterocycles. The summed E-state index contributed by atoms with van der Waals surface area (Å²) in [7, 11) is 0. The Hall–Kier alpha value is -16.9. The van der Waals surface area contributed by atoms with Crippen LogP contribution in [-0.2, 0) is 57.8 Å². The Morgan fingerprint density at radius 3 is 1.14 bits per heavy atom. The molecular weight excluding hydrogens is 1670 g/mol. The van der Waals surface area contributed by atoms with Crippen molar-refractivity contribution in [2.75, 3.05) is 0 Å². The quantitative estimate of drug-likeness (QED) is 0.133. The monoisotopic (exact) mass is 1760 g/mol. The summed E-state index contributed by atoms with van der Waals surface area (Å²) < 4.78 is 0. The summed E-state index contributed by atoms with van der Waals surface area (Å²) in [6.07, 6.45) is 18.8. The molecule has 0 fully saturated rings. The zero-order chi connectivity index (χ0) is 91.3. The van der Waals surface area contributed by atoms with Crippen LogP contribution in [0.2, 0.25) is 0 Å². The topological polar surface area (TPSA) is 0 Å². The molecule has 0 aromatic heterocycles. The van der Waals surface area contributed by atoms with Crippen molar-refractivity contribution in [3.05, 3.63) is 549 Å². The lowest BCUT2D eigenvalue weighted by atomic mass is 9.87. The van der Waals surface area contributed by atoms with E-state index in [0.717, 1.165) is 57.8 Å². The molecule has 0 radical (unpaired) electrons. The Bertz CT molecular complexity index is 9410. The van der Waals surface area contributed by atoms with E-state index in [4.69, 9.17) is 0 Å². The van der Waals surface area contributed by atoms with E-state index in [-0.39, 0.29) is 0 Å². The van der Waals surface area contributed by atoms with Crippen LogP contribution >= 0.6 is 0 Å². The Kier molecular flexibility index (Phi) is 19.1. The van der Waals surface area contributed by atoms with Gasteiger partial charge >= 0.3 is 0 Å². The van der Waals surface area contributed by atoms with Gasteiger partial charge in [-0.15, -0.1) is 0 Å². The molecule has 650 valence electrons.